The Labute approximate surface area is 123 Å². The van der Waals surface area contributed by atoms with Crippen LogP contribution in [0.2, 0.25) is 0 Å². The molecule has 6 nitrogen and oxygen atoms in total. The van der Waals surface area contributed by atoms with Crippen LogP contribution in [0.25, 0.3) is 16.8 Å². The quantitative estimate of drug-likeness (QED) is 0.693. The Bertz CT molecular complexity index is 814. The standard InChI is InChI=1S/C13H12F3N5O/c1-2-3-7-22-11-10-19-20-12(13(14,15)16)21(10)9-8(18-11)5-4-6-17-9/h4-6H,2-3,7H2,1H3. The van der Waals surface area contributed by atoms with E-state index in [2.05, 4.69) is 20.2 Å². The van der Waals surface area contributed by atoms with Gasteiger partial charge in [-0.3, -0.25) is 0 Å². The Morgan fingerprint density at radius 3 is 2.77 bits per heavy atom. The lowest BCUT2D eigenvalue weighted by atomic mass is 10.4. The number of nitrogens with zero attached hydrogens (tertiary/aromatic N) is 5. The molecule has 3 rings (SSSR count). The van der Waals surface area contributed by atoms with Gasteiger partial charge in [-0.05, 0) is 18.6 Å². The highest BCUT2D eigenvalue weighted by atomic mass is 19.4. The largest absolute Gasteiger partial charge is 0.475 e. The zero-order valence-corrected chi connectivity index (χ0v) is 11.6. The monoisotopic (exact) mass is 311 g/mol. The molecule has 0 N–H and O–H groups in total. The first kappa shape index (κ1) is 14.5. The van der Waals surface area contributed by atoms with Gasteiger partial charge in [-0.25, -0.2) is 14.4 Å². The average Bonchev–Trinajstić information content (AvgIpc) is 2.93. The predicted molar refractivity (Wildman–Crippen MR) is 71.5 cm³/mol. The summed E-state index contributed by atoms with van der Waals surface area (Å²) >= 11 is 0. The molecule has 0 amide bonds. The Morgan fingerprint density at radius 1 is 1.23 bits per heavy atom. The maximum atomic E-state index is 13.1. The summed E-state index contributed by atoms with van der Waals surface area (Å²) in [5.74, 6) is -1.12. The van der Waals surface area contributed by atoms with E-state index < -0.39 is 12.0 Å². The van der Waals surface area contributed by atoms with E-state index in [1.807, 2.05) is 6.92 Å². The molecular weight excluding hydrogens is 299 g/mol. The van der Waals surface area contributed by atoms with Gasteiger partial charge in [0.25, 0.3) is 5.88 Å². The van der Waals surface area contributed by atoms with Gasteiger partial charge in [-0.2, -0.15) is 13.2 Å². The summed E-state index contributed by atoms with van der Waals surface area (Å²) in [7, 11) is 0. The Morgan fingerprint density at radius 2 is 2.05 bits per heavy atom. The first-order valence-corrected chi connectivity index (χ1v) is 6.72. The molecule has 0 aliphatic carbocycles. The number of rotatable bonds is 4. The zero-order valence-electron chi connectivity index (χ0n) is 11.6. The van der Waals surface area contributed by atoms with E-state index in [1.165, 1.54) is 6.20 Å². The molecule has 0 unspecified atom stereocenters. The number of alkyl halides is 3. The topological polar surface area (TPSA) is 65.2 Å². The van der Waals surface area contributed by atoms with Crippen LogP contribution in [0.5, 0.6) is 5.88 Å². The molecule has 0 atom stereocenters. The number of aromatic nitrogens is 5. The molecule has 0 aliphatic rings. The van der Waals surface area contributed by atoms with E-state index >= 15 is 0 Å². The second kappa shape index (κ2) is 5.39. The maximum Gasteiger partial charge on any atom is 0.452 e. The summed E-state index contributed by atoms with van der Waals surface area (Å²) in [6.07, 6.45) is -1.60. The molecule has 0 aliphatic heterocycles. The molecule has 0 saturated heterocycles. The third-order valence-electron chi connectivity index (χ3n) is 3.04. The number of hydrogen-bond donors (Lipinski definition) is 0. The van der Waals surface area contributed by atoms with E-state index in [0.29, 0.717) is 6.61 Å². The molecule has 9 heteroatoms. The van der Waals surface area contributed by atoms with E-state index in [0.717, 1.165) is 17.2 Å². The molecule has 116 valence electrons. The first-order valence-electron chi connectivity index (χ1n) is 6.72. The van der Waals surface area contributed by atoms with Crippen molar-refractivity contribution < 1.29 is 17.9 Å². The molecule has 3 aromatic rings. The Balaban J connectivity index is 2.26. The molecule has 3 aromatic heterocycles. The molecule has 3 heterocycles. The van der Waals surface area contributed by atoms with Crippen LogP contribution >= 0.6 is 0 Å². The van der Waals surface area contributed by atoms with E-state index in [9.17, 15) is 13.2 Å². The van der Waals surface area contributed by atoms with Crippen LogP contribution in [0, 0.1) is 0 Å². The summed E-state index contributed by atoms with van der Waals surface area (Å²) in [5.41, 5.74) is 0.235. The van der Waals surface area contributed by atoms with Gasteiger partial charge in [-0.15, -0.1) is 10.2 Å². The fourth-order valence-corrected chi connectivity index (χ4v) is 2.02. The maximum absolute atomic E-state index is 13.1. The second-order valence-corrected chi connectivity index (χ2v) is 4.65. The lowest BCUT2D eigenvalue weighted by Gasteiger charge is -2.09. The third-order valence-corrected chi connectivity index (χ3v) is 3.04. The summed E-state index contributed by atoms with van der Waals surface area (Å²) in [6.45, 7) is 2.33. The van der Waals surface area contributed by atoms with Crippen LogP contribution in [-0.2, 0) is 6.18 Å². The Hall–Kier alpha value is -2.45. The van der Waals surface area contributed by atoms with Crippen molar-refractivity contribution in [2.75, 3.05) is 6.61 Å². The summed E-state index contributed by atoms with van der Waals surface area (Å²) in [5, 5.41) is 6.81. The van der Waals surface area contributed by atoms with E-state index in [-0.39, 0.29) is 22.7 Å². The molecule has 0 aromatic carbocycles. The number of pyridine rings is 1. The smallest absolute Gasteiger partial charge is 0.452 e. The molecule has 0 spiro atoms. The first-order chi connectivity index (χ1) is 10.5. The molecule has 0 radical (unpaired) electrons. The Kier molecular flexibility index (Phi) is 3.55. The van der Waals surface area contributed by atoms with Crippen LogP contribution in [-0.4, -0.2) is 31.2 Å². The second-order valence-electron chi connectivity index (χ2n) is 4.65. The van der Waals surface area contributed by atoms with Gasteiger partial charge in [0.2, 0.25) is 11.5 Å². The third kappa shape index (κ3) is 2.42. The number of fused-ring (bicyclic) bond motifs is 3. The molecule has 22 heavy (non-hydrogen) atoms. The summed E-state index contributed by atoms with van der Waals surface area (Å²) in [6, 6.07) is 3.16. The highest BCUT2D eigenvalue weighted by Gasteiger charge is 2.38. The number of unbranched alkanes of at least 4 members (excludes halogenated alkanes) is 1. The van der Waals surface area contributed by atoms with E-state index in [4.69, 9.17) is 4.74 Å². The van der Waals surface area contributed by atoms with Crippen molar-refractivity contribution in [2.45, 2.75) is 25.9 Å². The molecule has 0 bridgehead atoms. The van der Waals surface area contributed by atoms with Crippen molar-refractivity contribution in [2.24, 2.45) is 0 Å². The van der Waals surface area contributed by atoms with Crippen molar-refractivity contribution in [3.05, 3.63) is 24.2 Å². The fourth-order valence-electron chi connectivity index (χ4n) is 2.02. The summed E-state index contributed by atoms with van der Waals surface area (Å²) < 4.78 is 45.6. The minimum absolute atomic E-state index is 0.0250. The van der Waals surface area contributed by atoms with Crippen molar-refractivity contribution in [3.8, 4) is 5.88 Å². The fraction of sp³-hybridized carbons (Fsp3) is 0.385. The average molecular weight is 311 g/mol. The van der Waals surface area contributed by atoms with Gasteiger partial charge in [0.05, 0.1) is 6.61 Å². The van der Waals surface area contributed by atoms with Gasteiger partial charge in [0.1, 0.15) is 5.52 Å². The number of ether oxygens (including phenoxy) is 1. The lowest BCUT2D eigenvalue weighted by molar-refractivity contribution is -0.145. The summed E-state index contributed by atoms with van der Waals surface area (Å²) in [4.78, 5) is 8.15. The molecular formula is C13H12F3N5O. The highest BCUT2D eigenvalue weighted by Crippen LogP contribution is 2.31. The minimum Gasteiger partial charge on any atom is -0.475 e. The SMILES string of the molecule is CCCCOc1nc2cccnc2n2c(C(F)(F)F)nnc12. The van der Waals surface area contributed by atoms with Gasteiger partial charge in [0, 0.05) is 6.20 Å². The van der Waals surface area contributed by atoms with E-state index in [1.54, 1.807) is 12.1 Å². The number of hydrogen-bond acceptors (Lipinski definition) is 5. The normalized spacial score (nSPS) is 12.2. The van der Waals surface area contributed by atoms with Crippen LogP contribution in [0.15, 0.2) is 18.3 Å². The van der Waals surface area contributed by atoms with Gasteiger partial charge in [0.15, 0.2) is 5.65 Å². The minimum atomic E-state index is -4.65. The van der Waals surface area contributed by atoms with Gasteiger partial charge >= 0.3 is 6.18 Å². The van der Waals surface area contributed by atoms with Crippen molar-refractivity contribution >= 4 is 16.8 Å². The molecule has 0 saturated carbocycles. The van der Waals surface area contributed by atoms with Crippen molar-refractivity contribution in [3.63, 3.8) is 0 Å². The number of halogens is 3. The van der Waals surface area contributed by atoms with Crippen LogP contribution in [0.3, 0.4) is 0 Å². The van der Waals surface area contributed by atoms with Crippen LogP contribution < -0.4 is 4.74 Å². The van der Waals surface area contributed by atoms with Crippen LogP contribution in [0.1, 0.15) is 25.6 Å². The van der Waals surface area contributed by atoms with Crippen molar-refractivity contribution in [1.82, 2.24) is 24.6 Å². The highest BCUT2D eigenvalue weighted by molar-refractivity contribution is 5.75. The zero-order chi connectivity index (χ0) is 15.7. The van der Waals surface area contributed by atoms with Gasteiger partial charge < -0.3 is 4.74 Å². The molecule has 0 fully saturated rings. The van der Waals surface area contributed by atoms with Crippen molar-refractivity contribution in [1.29, 1.82) is 0 Å². The van der Waals surface area contributed by atoms with Crippen LogP contribution in [0.4, 0.5) is 13.2 Å². The lowest BCUT2D eigenvalue weighted by Crippen LogP contribution is -2.12. The van der Waals surface area contributed by atoms with Gasteiger partial charge in [-0.1, -0.05) is 13.3 Å². The predicted octanol–water partition coefficient (Wildman–Crippen LogP) is 2.87.